The summed E-state index contributed by atoms with van der Waals surface area (Å²) in [6.45, 7) is 4.90. The third kappa shape index (κ3) is 2.68. The van der Waals surface area contributed by atoms with Gasteiger partial charge in [0.2, 0.25) is 0 Å². The van der Waals surface area contributed by atoms with Gasteiger partial charge in [-0.1, -0.05) is 6.92 Å². The highest BCUT2D eigenvalue weighted by Crippen LogP contribution is 2.27. The first-order valence-corrected chi connectivity index (χ1v) is 6.90. The van der Waals surface area contributed by atoms with E-state index >= 15 is 0 Å². The van der Waals surface area contributed by atoms with Crippen LogP contribution in [0.4, 0.5) is 4.79 Å². The average molecular weight is 270 g/mol. The molecule has 2 N–H and O–H groups in total. The van der Waals surface area contributed by atoms with Crippen LogP contribution in [0.25, 0.3) is 0 Å². The molecular weight excluding hydrogens is 248 g/mol. The molecule has 2 heterocycles. The summed E-state index contributed by atoms with van der Waals surface area (Å²) in [4.78, 5) is 26.7. The molecule has 6 nitrogen and oxygen atoms in total. The number of aliphatic hydroxyl groups excluding tert-OH is 1. The van der Waals surface area contributed by atoms with Crippen LogP contribution >= 0.6 is 0 Å². The summed E-state index contributed by atoms with van der Waals surface area (Å²) in [5.74, 6) is -0.615. The Hall–Kier alpha value is -1.30. The Morgan fingerprint density at radius 2 is 1.89 bits per heavy atom. The molecule has 4 atom stereocenters. The molecule has 0 aromatic carbocycles. The van der Waals surface area contributed by atoms with E-state index in [1.165, 1.54) is 4.90 Å². The largest absolute Gasteiger partial charge is 0.480 e. The van der Waals surface area contributed by atoms with Crippen molar-refractivity contribution in [1.82, 2.24) is 9.80 Å². The topological polar surface area (TPSA) is 81.1 Å². The van der Waals surface area contributed by atoms with Gasteiger partial charge < -0.3 is 20.0 Å². The molecule has 0 aliphatic carbocycles. The Bertz CT molecular complexity index is 374. The number of nitrogens with zero attached hydrogens (tertiary/aromatic N) is 2. The minimum atomic E-state index is -1.04. The standard InChI is InChI=1S/C13H22N2O4/c1-8-4-3-5-14(9(8)2)13(19)15-7-10(16)6-11(15)12(17)18/h8-11,16H,3-7H2,1-2H3,(H,17,18). The number of carbonyl (C=O) groups is 2. The van der Waals surface area contributed by atoms with Crippen LogP contribution in [-0.2, 0) is 4.79 Å². The third-order valence-electron chi connectivity index (χ3n) is 4.43. The van der Waals surface area contributed by atoms with Crippen molar-refractivity contribution in [2.45, 2.75) is 51.3 Å². The number of hydrogen-bond acceptors (Lipinski definition) is 3. The van der Waals surface area contributed by atoms with E-state index in [9.17, 15) is 14.7 Å². The van der Waals surface area contributed by atoms with Crippen molar-refractivity contribution in [2.75, 3.05) is 13.1 Å². The lowest BCUT2D eigenvalue weighted by atomic mass is 9.92. The minimum Gasteiger partial charge on any atom is -0.480 e. The maximum absolute atomic E-state index is 12.5. The molecule has 4 unspecified atom stereocenters. The second-order valence-corrected chi connectivity index (χ2v) is 5.73. The van der Waals surface area contributed by atoms with Gasteiger partial charge in [0.15, 0.2) is 0 Å². The highest BCUT2D eigenvalue weighted by molar-refractivity contribution is 5.83. The van der Waals surface area contributed by atoms with Crippen molar-refractivity contribution in [3.63, 3.8) is 0 Å². The fourth-order valence-electron chi connectivity index (χ4n) is 3.03. The fourth-order valence-corrected chi connectivity index (χ4v) is 3.03. The molecule has 0 spiro atoms. The summed E-state index contributed by atoms with van der Waals surface area (Å²) in [5.41, 5.74) is 0. The summed E-state index contributed by atoms with van der Waals surface area (Å²) in [5, 5.41) is 18.8. The molecule has 6 heteroatoms. The van der Waals surface area contributed by atoms with Gasteiger partial charge in [0.1, 0.15) is 6.04 Å². The van der Waals surface area contributed by atoms with E-state index in [0.29, 0.717) is 12.5 Å². The van der Waals surface area contributed by atoms with Crippen LogP contribution in [0.3, 0.4) is 0 Å². The number of aliphatic hydroxyl groups is 1. The van der Waals surface area contributed by atoms with Gasteiger partial charge >= 0.3 is 12.0 Å². The SMILES string of the molecule is CC1CCCN(C(=O)N2CC(O)CC2C(=O)O)C1C. The lowest BCUT2D eigenvalue weighted by Crippen LogP contribution is -2.54. The zero-order chi connectivity index (χ0) is 14.2. The Kier molecular flexibility index (Phi) is 3.99. The number of hydrogen-bond donors (Lipinski definition) is 2. The Morgan fingerprint density at radius 1 is 1.21 bits per heavy atom. The molecule has 2 amide bonds. The molecule has 0 radical (unpaired) electrons. The second-order valence-electron chi connectivity index (χ2n) is 5.73. The van der Waals surface area contributed by atoms with Crippen LogP contribution in [0.2, 0.25) is 0 Å². The first-order chi connectivity index (χ1) is 8.91. The maximum Gasteiger partial charge on any atom is 0.326 e. The van der Waals surface area contributed by atoms with Crippen molar-refractivity contribution >= 4 is 12.0 Å². The number of rotatable bonds is 1. The van der Waals surface area contributed by atoms with Crippen LogP contribution in [0.5, 0.6) is 0 Å². The summed E-state index contributed by atoms with van der Waals surface area (Å²) in [7, 11) is 0. The van der Waals surface area contributed by atoms with Crippen molar-refractivity contribution in [3.05, 3.63) is 0 Å². The quantitative estimate of drug-likeness (QED) is 0.736. The molecular formula is C13H22N2O4. The van der Waals surface area contributed by atoms with E-state index in [-0.39, 0.29) is 25.0 Å². The van der Waals surface area contributed by atoms with E-state index in [4.69, 9.17) is 5.11 Å². The lowest BCUT2D eigenvalue weighted by Gasteiger charge is -2.40. The Balaban J connectivity index is 2.11. The van der Waals surface area contributed by atoms with Gasteiger partial charge in [0, 0.05) is 25.6 Å². The molecule has 0 aromatic rings. The lowest BCUT2D eigenvalue weighted by molar-refractivity contribution is -0.141. The van der Waals surface area contributed by atoms with Crippen LogP contribution in [-0.4, -0.2) is 63.3 Å². The number of urea groups is 1. The average Bonchev–Trinajstić information content (AvgIpc) is 2.74. The van der Waals surface area contributed by atoms with Crippen LogP contribution in [0.1, 0.15) is 33.1 Å². The summed E-state index contributed by atoms with van der Waals surface area (Å²) in [6, 6.07) is -1.02. The minimum absolute atomic E-state index is 0.118. The highest BCUT2D eigenvalue weighted by atomic mass is 16.4. The predicted molar refractivity (Wildman–Crippen MR) is 68.7 cm³/mol. The van der Waals surface area contributed by atoms with Gasteiger partial charge in [-0.2, -0.15) is 0 Å². The molecule has 2 aliphatic rings. The zero-order valence-corrected chi connectivity index (χ0v) is 11.5. The predicted octanol–water partition coefficient (Wildman–Crippen LogP) is 0.747. The number of β-amino-alcohol motifs (C(OH)–C–C–N with tert-alkyl or cyclic N) is 1. The summed E-state index contributed by atoms with van der Waals surface area (Å²) < 4.78 is 0. The van der Waals surface area contributed by atoms with Crippen molar-refractivity contribution in [3.8, 4) is 0 Å². The molecule has 108 valence electrons. The molecule has 2 fully saturated rings. The maximum atomic E-state index is 12.5. The first kappa shape index (κ1) is 14.1. The monoisotopic (exact) mass is 270 g/mol. The first-order valence-electron chi connectivity index (χ1n) is 6.90. The summed E-state index contributed by atoms with van der Waals surface area (Å²) in [6.07, 6.45) is 1.43. The highest BCUT2D eigenvalue weighted by Gasteiger charge is 2.42. The van der Waals surface area contributed by atoms with Gasteiger partial charge in [-0.25, -0.2) is 9.59 Å². The number of amides is 2. The number of carboxylic acids is 1. The van der Waals surface area contributed by atoms with Crippen LogP contribution in [0, 0.1) is 5.92 Å². The van der Waals surface area contributed by atoms with Gasteiger partial charge in [-0.05, 0) is 25.7 Å². The summed E-state index contributed by atoms with van der Waals surface area (Å²) >= 11 is 0. The van der Waals surface area contributed by atoms with E-state index in [2.05, 4.69) is 6.92 Å². The van der Waals surface area contributed by atoms with Crippen LogP contribution < -0.4 is 0 Å². The molecule has 2 aliphatic heterocycles. The zero-order valence-electron chi connectivity index (χ0n) is 11.5. The molecule has 2 rings (SSSR count). The molecule has 0 bridgehead atoms. The van der Waals surface area contributed by atoms with E-state index in [1.807, 2.05) is 6.92 Å². The number of carbonyl (C=O) groups excluding carboxylic acids is 1. The molecule has 0 saturated carbocycles. The number of carboxylic acid groups (broad SMARTS) is 1. The van der Waals surface area contributed by atoms with E-state index < -0.39 is 18.1 Å². The van der Waals surface area contributed by atoms with Gasteiger partial charge in [0.05, 0.1) is 6.10 Å². The molecule has 0 aromatic heterocycles. The number of likely N-dealkylation sites (tertiary alicyclic amines) is 2. The van der Waals surface area contributed by atoms with Crippen molar-refractivity contribution in [2.24, 2.45) is 5.92 Å². The van der Waals surface area contributed by atoms with Crippen LogP contribution in [0.15, 0.2) is 0 Å². The number of aliphatic carboxylic acids is 1. The third-order valence-corrected chi connectivity index (χ3v) is 4.43. The van der Waals surface area contributed by atoms with Crippen molar-refractivity contribution < 1.29 is 19.8 Å². The Morgan fingerprint density at radius 3 is 2.53 bits per heavy atom. The molecule has 19 heavy (non-hydrogen) atoms. The van der Waals surface area contributed by atoms with Gasteiger partial charge in [0.25, 0.3) is 0 Å². The van der Waals surface area contributed by atoms with Crippen molar-refractivity contribution in [1.29, 1.82) is 0 Å². The second kappa shape index (κ2) is 5.36. The van der Waals surface area contributed by atoms with E-state index in [0.717, 1.165) is 12.8 Å². The Labute approximate surface area is 113 Å². The smallest absolute Gasteiger partial charge is 0.326 e. The van der Waals surface area contributed by atoms with Gasteiger partial charge in [-0.15, -0.1) is 0 Å². The fraction of sp³-hybridized carbons (Fsp3) is 0.846. The molecule has 2 saturated heterocycles. The number of piperidine rings is 1. The normalized spacial score (nSPS) is 35.5. The van der Waals surface area contributed by atoms with E-state index in [1.54, 1.807) is 4.90 Å². The van der Waals surface area contributed by atoms with Gasteiger partial charge in [-0.3, -0.25) is 0 Å².